The first-order chi connectivity index (χ1) is 15.2. The van der Waals surface area contributed by atoms with Crippen LogP contribution in [0.25, 0.3) is 22.0 Å². The third kappa shape index (κ3) is 3.03. The highest BCUT2D eigenvalue weighted by Crippen LogP contribution is 2.42. The quantitative estimate of drug-likeness (QED) is 0.382. The number of halogens is 1. The summed E-state index contributed by atoms with van der Waals surface area (Å²) in [6, 6.07) is 16.1. The number of aromatic nitrogens is 1. The minimum atomic E-state index is -4.46. The number of nitrogens with zero attached hydrogens (tertiary/aromatic N) is 1. The summed E-state index contributed by atoms with van der Waals surface area (Å²) in [5.74, 6) is -0.194. The van der Waals surface area contributed by atoms with E-state index < -0.39 is 15.0 Å². The lowest BCUT2D eigenvalue weighted by Crippen LogP contribution is -2.21. The fourth-order valence-electron chi connectivity index (χ4n) is 4.10. The molecule has 1 heterocycles. The molecule has 0 saturated heterocycles. The van der Waals surface area contributed by atoms with Crippen molar-refractivity contribution < 1.29 is 17.8 Å². The molecule has 7 nitrogen and oxygen atoms in total. The van der Waals surface area contributed by atoms with Gasteiger partial charge in [0.15, 0.2) is 5.78 Å². The van der Waals surface area contributed by atoms with Crippen molar-refractivity contribution in [3.63, 3.8) is 0 Å². The predicted molar refractivity (Wildman–Crippen MR) is 123 cm³/mol. The summed E-state index contributed by atoms with van der Waals surface area (Å²) < 4.78 is 33.6. The SMILES string of the molecule is Cn1c(=O)cc2c3c(c(Nc4ccc(S(=O)(=O)O)c(Cl)c4)ccc31)C(=O)c1ccccc1-2. The first kappa shape index (κ1) is 20.4. The molecule has 32 heavy (non-hydrogen) atoms. The van der Waals surface area contributed by atoms with E-state index in [0.29, 0.717) is 44.5 Å². The van der Waals surface area contributed by atoms with Crippen molar-refractivity contribution in [3.8, 4) is 11.1 Å². The van der Waals surface area contributed by atoms with Crippen LogP contribution in [0, 0.1) is 0 Å². The van der Waals surface area contributed by atoms with Gasteiger partial charge in [-0.05, 0) is 41.5 Å². The number of nitrogens with one attached hydrogen (secondary N) is 1. The van der Waals surface area contributed by atoms with Crippen LogP contribution in [0.1, 0.15) is 15.9 Å². The number of anilines is 2. The van der Waals surface area contributed by atoms with E-state index in [2.05, 4.69) is 5.32 Å². The molecule has 4 aromatic rings. The van der Waals surface area contributed by atoms with Gasteiger partial charge in [0.25, 0.3) is 15.7 Å². The molecule has 0 fully saturated rings. The molecular formula is C23H15ClN2O5S. The molecule has 5 rings (SSSR count). The normalized spacial score (nSPS) is 12.7. The van der Waals surface area contributed by atoms with E-state index in [0.717, 1.165) is 0 Å². The minimum Gasteiger partial charge on any atom is -0.355 e. The molecule has 0 amide bonds. The van der Waals surface area contributed by atoms with E-state index in [9.17, 15) is 22.6 Å². The van der Waals surface area contributed by atoms with E-state index >= 15 is 0 Å². The number of carbonyl (C=O) groups excluding carboxylic acids is 1. The van der Waals surface area contributed by atoms with Crippen molar-refractivity contribution in [3.05, 3.63) is 87.2 Å². The fourth-order valence-corrected chi connectivity index (χ4v) is 5.12. The Morgan fingerprint density at radius 1 is 0.938 bits per heavy atom. The Labute approximate surface area is 187 Å². The van der Waals surface area contributed by atoms with Crippen molar-refractivity contribution >= 4 is 49.8 Å². The van der Waals surface area contributed by atoms with Gasteiger partial charge in [-0.3, -0.25) is 14.1 Å². The first-order valence-corrected chi connectivity index (χ1v) is 11.3. The van der Waals surface area contributed by atoms with E-state index in [1.165, 1.54) is 28.8 Å². The number of aryl methyl sites for hydroxylation is 1. The monoisotopic (exact) mass is 466 g/mol. The molecule has 0 aliphatic heterocycles. The van der Waals surface area contributed by atoms with Gasteiger partial charge in [0.1, 0.15) is 4.90 Å². The van der Waals surface area contributed by atoms with Gasteiger partial charge >= 0.3 is 0 Å². The van der Waals surface area contributed by atoms with E-state index in [-0.39, 0.29) is 16.4 Å². The van der Waals surface area contributed by atoms with Crippen molar-refractivity contribution in [1.29, 1.82) is 0 Å². The van der Waals surface area contributed by atoms with Gasteiger partial charge in [-0.15, -0.1) is 0 Å². The number of rotatable bonds is 3. The Balaban J connectivity index is 1.75. The van der Waals surface area contributed by atoms with Crippen LogP contribution in [0.3, 0.4) is 0 Å². The van der Waals surface area contributed by atoms with Crippen LogP contribution in [-0.2, 0) is 17.2 Å². The molecule has 1 aliphatic carbocycles. The van der Waals surface area contributed by atoms with Gasteiger partial charge in [-0.2, -0.15) is 8.42 Å². The summed E-state index contributed by atoms with van der Waals surface area (Å²) in [5.41, 5.74) is 3.61. The molecule has 1 aromatic heterocycles. The number of pyridine rings is 1. The predicted octanol–water partition coefficient (Wildman–Crippen LogP) is 4.39. The maximum absolute atomic E-state index is 13.5. The van der Waals surface area contributed by atoms with Gasteiger partial charge in [0.05, 0.1) is 21.8 Å². The standard InChI is InChI=1S/C23H15ClN2O5S/c1-26-18-8-7-17(25-12-6-9-19(16(24)10-12)32(29,30)31)22-21(18)15(11-20(26)27)13-4-2-3-5-14(13)23(22)28/h2-11,25H,1H3,(H,29,30,31). The molecule has 0 unspecified atom stereocenters. The average Bonchev–Trinajstić information content (AvgIpc) is 2.74. The molecule has 0 atom stereocenters. The van der Waals surface area contributed by atoms with Crippen LogP contribution in [0.5, 0.6) is 0 Å². The summed E-state index contributed by atoms with van der Waals surface area (Å²) in [7, 11) is -2.81. The lowest BCUT2D eigenvalue weighted by molar-refractivity contribution is 0.104. The molecule has 0 radical (unpaired) electrons. The van der Waals surface area contributed by atoms with Crippen LogP contribution >= 0.6 is 11.6 Å². The molecule has 9 heteroatoms. The summed E-state index contributed by atoms with van der Waals surface area (Å²) in [6.07, 6.45) is 0. The Bertz CT molecular complexity index is 1640. The van der Waals surface area contributed by atoms with Crippen molar-refractivity contribution in [2.24, 2.45) is 7.05 Å². The Morgan fingerprint density at radius 2 is 1.66 bits per heavy atom. The van der Waals surface area contributed by atoms with E-state index in [1.807, 2.05) is 12.1 Å². The Morgan fingerprint density at radius 3 is 2.34 bits per heavy atom. The third-order valence-corrected chi connectivity index (χ3v) is 6.93. The first-order valence-electron chi connectivity index (χ1n) is 9.52. The van der Waals surface area contributed by atoms with Crippen LogP contribution in [-0.4, -0.2) is 23.3 Å². The average molecular weight is 467 g/mol. The Kier molecular flexibility index (Phi) is 4.49. The van der Waals surface area contributed by atoms with Crippen molar-refractivity contribution in [1.82, 2.24) is 4.57 Å². The third-order valence-electron chi connectivity index (χ3n) is 5.59. The van der Waals surface area contributed by atoms with Gasteiger partial charge in [0, 0.05) is 29.8 Å². The largest absolute Gasteiger partial charge is 0.355 e. The number of benzene rings is 3. The highest BCUT2D eigenvalue weighted by molar-refractivity contribution is 7.86. The maximum Gasteiger partial charge on any atom is 0.296 e. The van der Waals surface area contributed by atoms with Gasteiger partial charge in [-0.1, -0.05) is 35.9 Å². The number of fused-ring (bicyclic) bond motifs is 2. The highest BCUT2D eigenvalue weighted by atomic mass is 35.5. The molecule has 160 valence electrons. The molecule has 3 aromatic carbocycles. The lowest BCUT2D eigenvalue weighted by Gasteiger charge is -2.23. The fraction of sp³-hybridized carbons (Fsp3) is 0.0435. The van der Waals surface area contributed by atoms with Crippen LogP contribution in [0.15, 0.2) is 70.4 Å². The summed E-state index contributed by atoms with van der Waals surface area (Å²) in [5, 5.41) is 3.62. The summed E-state index contributed by atoms with van der Waals surface area (Å²) in [6.45, 7) is 0. The molecular weight excluding hydrogens is 452 g/mol. The Hall–Kier alpha value is -3.46. The second kappa shape index (κ2) is 7.03. The highest BCUT2D eigenvalue weighted by Gasteiger charge is 2.29. The van der Waals surface area contributed by atoms with Crippen LogP contribution in [0.4, 0.5) is 11.4 Å². The van der Waals surface area contributed by atoms with Gasteiger partial charge in [-0.25, -0.2) is 0 Å². The number of hydrogen-bond donors (Lipinski definition) is 2. The zero-order valence-electron chi connectivity index (χ0n) is 16.6. The lowest BCUT2D eigenvalue weighted by atomic mass is 9.83. The number of hydrogen-bond acceptors (Lipinski definition) is 5. The second-order valence-corrected chi connectivity index (χ2v) is 9.25. The topological polar surface area (TPSA) is 105 Å². The van der Waals surface area contributed by atoms with Gasteiger partial charge < -0.3 is 9.88 Å². The molecule has 0 spiro atoms. The van der Waals surface area contributed by atoms with E-state index in [1.54, 1.807) is 31.3 Å². The molecule has 1 aliphatic rings. The van der Waals surface area contributed by atoms with E-state index in [4.69, 9.17) is 11.6 Å². The number of carbonyl (C=O) groups is 1. The second-order valence-electron chi connectivity index (χ2n) is 7.46. The molecule has 0 bridgehead atoms. The molecule has 2 N–H and O–H groups in total. The zero-order valence-corrected chi connectivity index (χ0v) is 18.2. The number of ketones is 1. The smallest absolute Gasteiger partial charge is 0.296 e. The van der Waals surface area contributed by atoms with Crippen LogP contribution in [0.2, 0.25) is 5.02 Å². The minimum absolute atomic E-state index is 0.160. The zero-order chi connectivity index (χ0) is 22.8. The van der Waals surface area contributed by atoms with Gasteiger partial charge in [0.2, 0.25) is 0 Å². The maximum atomic E-state index is 13.5. The molecule has 0 saturated carbocycles. The summed E-state index contributed by atoms with van der Waals surface area (Å²) >= 11 is 6.04. The summed E-state index contributed by atoms with van der Waals surface area (Å²) in [4.78, 5) is 25.6. The van der Waals surface area contributed by atoms with Crippen molar-refractivity contribution in [2.75, 3.05) is 5.32 Å². The van der Waals surface area contributed by atoms with Crippen molar-refractivity contribution in [2.45, 2.75) is 4.90 Å². The van der Waals surface area contributed by atoms with Crippen LogP contribution < -0.4 is 10.9 Å².